The molecule has 1 aromatic rings. The molecule has 0 bridgehead atoms. The highest BCUT2D eigenvalue weighted by atomic mass is 16.4. The average molecular weight is 290 g/mol. The Morgan fingerprint density at radius 2 is 2.14 bits per heavy atom. The zero-order chi connectivity index (χ0) is 15.2. The quantitative estimate of drug-likeness (QED) is 0.374. The van der Waals surface area contributed by atoms with Crippen molar-refractivity contribution in [3.8, 4) is 0 Å². The van der Waals surface area contributed by atoms with Gasteiger partial charge in [0.2, 0.25) is 0 Å². The Morgan fingerprint density at radius 1 is 1.43 bits per heavy atom. The monoisotopic (exact) mass is 290 g/mol. The van der Waals surface area contributed by atoms with Gasteiger partial charge in [-0.25, -0.2) is 0 Å². The maximum atomic E-state index is 8.75. The third-order valence-electron chi connectivity index (χ3n) is 4.19. The highest BCUT2D eigenvalue weighted by Gasteiger charge is 2.18. The van der Waals surface area contributed by atoms with Crippen LogP contribution in [-0.2, 0) is 6.54 Å². The number of piperidine rings is 1. The molecule has 0 aromatic heterocycles. The lowest BCUT2D eigenvalue weighted by Crippen LogP contribution is -2.35. The van der Waals surface area contributed by atoms with E-state index < -0.39 is 0 Å². The molecule has 0 unspecified atom stereocenters. The van der Waals surface area contributed by atoms with Crippen LogP contribution in [0.25, 0.3) is 0 Å². The largest absolute Gasteiger partial charge is 0.409 e. The van der Waals surface area contributed by atoms with E-state index in [0.717, 1.165) is 24.6 Å². The first-order valence-corrected chi connectivity index (χ1v) is 7.52. The number of nitrogens with zero attached hydrogens (tertiary/aromatic N) is 3. The van der Waals surface area contributed by atoms with Crippen LogP contribution < -0.4 is 5.73 Å². The molecule has 0 radical (unpaired) electrons. The van der Waals surface area contributed by atoms with Crippen LogP contribution in [0, 0.1) is 5.92 Å². The molecule has 2 rings (SSSR count). The number of nitrogens with two attached hydrogens (primary N) is 1. The van der Waals surface area contributed by atoms with Crippen molar-refractivity contribution in [2.45, 2.75) is 19.4 Å². The van der Waals surface area contributed by atoms with Crippen molar-refractivity contribution in [1.82, 2.24) is 9.80 Å². The molecule has 0 saturated carbocycles. The molecule has 0 aliphatic carbocycles. The minimum atomic E-state index is 0.162. The van der Waals surface area contributed by atoms with Crippen molar-refractivity contribution in [3.05, 3.63) is 35.4 Å². The molecular weight excluding hydrogens is 264 g/mol. The summed E-state index contributed by atoms with van der Waals surface area (Å²) in [4.78, 5) is 4.76. The van der Waals surface area contributed by atoms with E-state index in [1.165, 1.54) is 31.5 Å². The Balaban J connectivity index is 1.89. The van der Waals surface area contributed by atoms with E-state index in [1.807, 2.05) is 18.2 Å². The van der Waals surface area contributed by atoms with E-state index in [0.29, 0.717) is 0 Å². The summed E-state index contributed by atoms with van der Waals surface area (Å²) in [5, 5.41) is 11.8. The summed E-state index contributed by atoms with van der Waals surface area (Å²) in [6, 6.07) is 7.88. The summed E-state index contributed by atoms with van der Waals surface area (Å²) in [6.07, 6.45) is 2.57. The first kappa shape index (κ1) is 15.8. The van der Waals surface area contributed by atoms with Crippen LogP contribution in [0.15, 0.2) is 29.4 Å². The molecule has 0 spiro atoms. The molecular formula is C16H26N4O. The lowest BCUT2D eigenvalue weighted by molar-refractivity contribution is 0.173. The number of hydrogen-bond donors (Lipinski definition) is 2. The normalized spacial score (nSPS) is 18.3. The van der Waals surface area contributed by atoms with Gasteiger partial charge in [-0.2, -0.15) is 0 Å². The predicted octanol–water partition coefficient (Wildman–Crippen LogP) is 1.55. The van der Waals surface area contributed by atoms with Crippen LogP contribution in [-0.4, -0.2) is 54.6 Å². The summed E-state index contributed by atoms with van der Waals surface area (Å²) in [5.41, 5.74) is 7.59. The van der Waals surface area contributed by atoms with E-state index in [2.05, 4.69) is 35.1 Å². The van der Waals surface area contributed by atoms with Crippen LogP contribution in [0.1, 0.15) is 24.0 Å². The van der Waals surface area contributed by atoms with E-state index in [1.54, 1.807) is 0 Å². The Morgan fingerprint density at radius 3 is 2.81 bits per heavy atom. The summed E-state index contributed by atoms with van der Waals surface area (Å²) in [6.45, 7) is 4.43. The number of likely N-dealkylation sites (tertiary alicyclic amines) is 1. The van der Waals surface area contributed by atoms with Crippen LogP contribution in [0.5, 0.6) is 0 Å². The van der Waals surface area contributed by atoms with Gasteiger partial charge in [-0.05, 0) is 57.6 Å². The first-order chi connectivity index (χ1) is 10.1. The van der Waals surface area contributed by atoms with Gasteiger partial charge in [-0.1, -0.05) is 23.4 Å². The van der Waals surface area contributed by atoms with Crippen LogP contribution in [0.2, 0.25) is 0 Å². The predicted molar refractivity (Wildman–Crippen MR) is 85.5 cm³/mol. The van der Waals surface area contributed by atoms with E-state index in [4.69, 9.17) is 10.9 Å². The van der Waals surface area contributed by atoms with Crippen molar-refractivity contribution < 1.29 is 5.21 Å². The molecule has 0 amide bonds. The summed E-state index contributed by atoms with van der Waals surface area (Å²) >= 11 is 0. The average Bonchev–Trinajstić information content (AvgIpc) is 2.49. The smallest absolute Gasteiger partial charge is 0.170 e. The number of hydrogen-bond acceptors (Lipinski definition) is 4. The zero-order valence-electron chi connectivity index (χ0n) is 13.0. The third-order valence-corrected chi connectivity index (χ3v) is 4.19. The molecule has 3 N–H and O–H groups in total. The molecule has 1 fully saturated rings. The molecule has 5 nitrogen and oxygen atoms in total. The molecule has 1 aliphatic rings. The fourth-order valence-electron chi connectivity index (χ4n) is 2.95. The van der Waals surface area contributed by atoms with E-state index in [9.17, 15) is 0 Å². The Kier molecular flexibility index (Phi) is 5.59. The fraction of sp³-hybridized carbons (Fsp3) is 0.562. The van der Waals surface area contributed by atoms with Crippen molar-refractivity contribution in [2.75, 3.05) is 33.7 Å². The van der Waals surface area contributed by atoms with E-state index >= 15 is 0 Å². The highest BCUT2D eigenvalue weighted by molar-refractivity contribution is 5.97. The second-order valence-electron chi connectivity index (χ2n) is 6.13. The highest BCUT2D eigenvalue weighted by Crippen LogP contribution is 2.18. The van der Waals surface area contributed by atoms with Crippen LogP contribution in [0.4, 0.5) is 0 Å². The molecule has 0 atom stereocenters. The molecule has 116 valence electrons. The van der Waals surface area contributed by atoms with Gasteiger partial charge in [0.25, 0.3) is 0 Å². The number of amidine groups is 1. The molecule has 1 aromatic carbocycles. The van der Waals surface area contributed by atoms with Gasteiger partial charge in [-0.15, -0.1) is 0 Å². The van der Waals surface area contributed by atoms with Gasteiger partial charge in [0.1, 0.15) is 0 Å². The van der Waals surface area contributed by atoms with Gasteiger partial charge >= 0.3 is 0 Å². The topological polar surface area (TPSA) is 65.1 Å². The SMILES string of the molecule is CN1CCC(CN(C)Cc2cccc(C(N)=NO)c2)CC1. The maximum absolute atomic E-state index is 8.75. The number of oxime groups is 1. The molecule has 1 aliphatic heterocycles. The Hall–Kier alpha value is -1.59. The molecule has 21 heavy (non-hydrogen) atoms. The van der Waals surface area contributed by atoms with E-state index in [-0.39, 0.29) is 5.84 Å². The van der Waals surface area contributed by atoms with Crippen molar-refractivity contribution in [1.29, 1.82) is 0 Å². The summed E-state index contributed by atoms with van der Waals surface area (Å²) < 4.78 is 0. The first-order valence-electron chi connectivity index (χ1n) is 7.52. The molecule has 5 heteroatoms. The third kappa shape index (κ3) is 4.72. The Bertz CT molecular complexity index is 481. The fourth-order valence-corrected chi connectivity index (χ4v) is 2.95. The summed E-state index contributed by atoms with van der Waals surface area (Å²) in [5.74, 6) is 0.952. The van der Waals surface area contributed by atoms with Crippen LogP contribution >= 0.6 is 0 Å². The second kappa shape index (κ2) is 7.43. The van der Waals surface area contributed by atoms with Gasteiger partial charge in [0, 0.05) is 18.7 Å². The second-order valence-corrected chi connectivity index (χ2v) is 6.13. The van der Waals surface area contributed by atoms with Crippen LogP contribution in [0.3, 0.4) is 0 Å². The zero-order valence-corrected chi connectivity index (χ0v) is 13.0. The Labute approximate surface area is 127 Å². The van der Waals surface area contributed by atoms with Crippen molar-refractivity contribution in [2.24, 2.45) is 16.8 Å². The number of rotatable bonds is 5. The van der Waals surface area contributed by atoms with Crippen molar-refractivity contribution >= 4 is 5.84 Å². The maximum Gasteiger partial charge on any atom is 0.170 e. The summed E-state index contributed by atoms with van der Waals surface area (Å²) in [7, 11) is 4.35. The lowest BCUT2D eigenvalue weighted by atomic mass is 9.96. The molecule has 1 heterocycles. The van der Waals surface area contributed by atoms with Gasteiger partial charge < -0.3 is 20.7 Å². The minimum Gasteiger partial charge on any atom is -0.409 e. The van der Waals surface area contributed by atoms with Gasteiger partial charge in [0.05, 0.1) is 0 Å². The standard InChI is InChI=1S/C16H26N4O/c1-19-8-6-13(7-9-19)11-20(2)12-14-4-3-5-15(10-14)16(17)18-21/h3-5,10,13,21H,6-9,11-12H2,1-2H3,(H2,17,18). The number of benzene rings is 1. The van der Waals surface area contributed by atoms with Crippen molar-refractivity contribution in [3.63, 3.8) is 0 Å². The van der Waals surface area contributed by atoms with Gasteiger partial charge in [-0.3, -0.25) is 0 Å². The molecule has 1 saturated heterocycles. The van der Waals surface area contributed by atoms with Gasteiger partial charge in [0.15, 0.2) is 5.84 Å². The minimum absolute atomic E-state index is 0.162. The lowest BCUT2D eigenvalue weighted by Gasteiger charge is -2.31.